The molecule has 0 aromatic heterocycles. The lowest BCUT2D eigenvalue weighted by molar-refractivity contribution is 0.211. The number of benzene rings is 2. The van der Waals surface area contributed by atoms with Crippen LogP contribution in [0, 0.1) is 0 Å². The molecule has 0 heterocycles. The van der Waals surface area contributed by atoms with E-state index in [-0.39, 0.29) is 12.1 Å². The van der Waals surface area contributed by atoms with Crippen LogP contribution in [0.3, 0.4) is 0 Å². The van der Waals surface area contributed by atoms with Crippen molar-refractivity contribution in [2.24, 2.45) is 0 Å². The van der Waals surface area contributed by atoms with E-state index in [2.05, 4.69) is 38.3 Å². The first-order valence-corrected chi connectivity index (χ1v) is 12.3. The highest BCUT2D eigenvalue weighted by atomic mass is 16.2. The van der Waals surface area contributed by atoms with Gasteiger partial charge < -0.3 is 20.4 Å². The zero-order valence-corrected chi connectivity index (χ0v) is 20.7. The van der Waals surface area contributed by atoms with E-state index in [0.717, 1.165) is 69.7 Å². The first-order valence-electron chi connectivity index (χ1n) is 12.3. The molecule has 0 unspecified atom stereocenters. The van der Waals surface area contributed by atoms with Crippen molar-refractivity contribution in [3.63, 3.8) is 0 Å². The first kappa shape index (κ1) is 26.2. The Morgan fingerprint density at radius 2 is 0.879 bits per heavy atom. The van der Waals surface area contributed by atoms with Crippen molar-refractivity contribution in [2.45, 2.75) is 59.8 Å². The molecule has 2 rings (SSSR count). The smallest absolute Gasteiger partial charge is 0.321 e. The van der Waals surface area contributed by atoms with Crippen LogP contribution < -0.4 is 10.6 Å². The van der Waals surface area contributed by atoms with E-state index in [0.29, 0.717) is 0 Å². The molecule has 0 bridgehead atoms. The molecule has 2 aromatic rings. The summed E-state index contributed by atoms with van der Waals surface area (Å²) in [4.78, 5) is 28.7. The van der Waals surface area contributed by atoms with Crippen LogP contribution in [-0.2, 0) is 6.42 Å². The molecule has 0 saturated heterocycles. The number of nitrogens with zero attached hydrogens (tertiary/aromatic N) is 2. The van der Waals surface area contributed by atoms with Crippen molar-refractivity contribution in [1.82, 2.24) is 9.80 Å². The zero-order chi connectivity index (χ0) is 24.1. The van der Waals surface area contributed by atoms with Crippen LogP contribution >= 0.6 is 0 Å². The molecule has 0 aliphatic rings. The summed E-state index contributed by atoms with van der Waals surface area (Å²) in [6, 6.07) is 15.9. The van der Waals surface area contributed by atoms with E-state index in [4.69, 9.17) is 0 Å². The fourth-order valence-electron chi connectivity index (χ4n) is 3.76. The standard InChI is InChI=1S/C27H40N4O2/c1-5-17-30(18-6-2)26(32)28-24-13-9-22(10-14-24)21-23-11-15-25(16-12-23)29-27(33)31(19-7-3)20-8-4/h9-16H,5-8,17-21H2,1-4H3,(H,28,32)(H,29,33). The second-order valence-corrected chi connectivity index (χ2v) is 8.41. The van der Waals surface area contributed by atoms with Gasteiger partial charge in [-0.1, -0.05) is 52.0 Å². The van der Waals surface area contributed by atoms with Gasteiger partial charge in [-0.25, -0.2) is 9.59 Å². The number of rotatable bonds is 12. The largest absolute Gasteiger partial charge is 0.325 e. The van der Waals surface area contributed by atoms with Crippen molar-refractivity contribution in [2.75, 3.05) is 36.8 Å². The third kappa shape index (κ3) is 8.79. The van der Waals surface area contributed by atoms with E-state index in [1.165, 1.54) is 11.1 Å². The number of carbonyl (C=O) groups is 2. The second kappa shape index (κ2) is 14.2. The summed E-state index contributed by atoms with van der Waals surface area (Å²) in [5, 5.41) is 6.00. The molecule has 2 aromatic carbocycles. The topological polar surface area (TPSA) is 64.7 Å². The van der Waals surface area contributed by atoms with Crippen molar-refractivity contribution >= 4 is 23.4 Å². The molecular formula is C27H40N4O2. The Labute approximate surface area is 199 Å². The molecule has 180 valence electrons. The van der Waals surface area contributed by atoms with Crippen LogP contribution in [0.1, 0.15) is 64.5 Å². The van der Waals surface area contributed by atoms with Gasteiger partial charge in [0.05, 0.1) is 0 Å². The molecule has 0 spiro atoms. The molecule has 6 heteroatoms. The number of anilines is 2. The summed E-state index contributed by atoms with van der Waals surface area (Å²) >= 11 is 0. The van der Waals surface area contributed by atoms with Gasteiger partial charge in [0.15, 0.2) is 0 Å². The summed E-state index contributed by atoms with van der Waals surface area (Å²) in [6.45, 7) is 11.4. The Morgan fingerprint density at radius 1 is 0.576 bits per heavy atom. The van der Waals surface area contributed by atoms with E-state index in [1.807, 2.05) is 58.3 Å². The predicted molar refractivity (Wildman–Crippen MR) is 138 cm³/mol. The van der Waals surface area contributed by atoms with E-state index < -0.39 is 0 Å². The average molecular weight is 453 g/mol. The van der Waals surface area contributed by atoms with Crippen LogP contribution in [0.25, 0.3) is 0 Å². The third-order valence-corrected chi connectivity index (χ3v) is 5.37. The van der Waals surface area contributed by atoms with Crippen molar-refractivity contribution in [3.05, 3.63) is 59.7 Å². The maximum absolute atomic E-state index is 12.5. The number of hydrogen-bond donors (Lipinski definition) is 2. The average Bonchev–Trinajstić information content (AvgIpc) is 2.81. The molecule has 0 radical (unpaired) electrons. The van der Waals surface area contributed by atoms with Gasteiger partial charge in [-0.15, -0.1) is 0 Å². The highest BCUT2D eigenvalue weighted by Crippen LogP contribution is 2.17. The third-order valence-electron chi connectivity index (χ3n) is 5.37. The Morgan fingerprint density at radius 3 is 1.15 bits per heavy atom. The second-order valence-electron chi connectivity index (χ2n) is 8.41. The van der Waals surface area contributed by atoms with Crippen LogP contribution in [0.15, 0.2) is 48.5 Å². The minimum Gasteiger partial charge on any atom is -0.325 e. The van der Waals surface area contributed by atoms with E-state index in [9.17, 15) is 9.59 Å². The summed E-state index contributed by atoms with van der Waals surface area (Å²) < 4.78 is 0. The molecule has 33 heavy (non-hydrogen) atoms. The minimum absolute atomic E-state index is 0.0412. The van der Waals surface area contributed by atoms with Crippen LogP contribution in [0.5, 0.6) is 0 Å². The molecule has 0 saturated carbocycles. The van der Waals surface area contributed by atoms with Gasteiger partial charge in [0.2, 0.25) is 0 Å². The summed E-state index contributed by atoms with van der Waals surface area (Å²) in [5.41, 5.74) is 3.95. The molecule has 2 N–H and O–H groups in total. The Kier molecular flexibility index (Phi) is 11.3. The first-order chi connectivity index (χ1) is 16.0. The van der Waals surface area contributed by atoms with Crippen molar-refractivity contribution in [1.29, 1.82) is 0 Å². The van der Waals surface area contributed by atoms with Crippen molar-refractivity contribution in [3.8, 4) is 0 Å². The number of nitrogens with one attached hydrogen (secondary N) is 2. The Bertz CT molecular complexity index is 766. The van der Waals surface area contributed by atoms with Crippen LogP contribution in [0.2, 0.25) is 0 Å². The van der Waals surface area contributed by atoms with E-state index >= 15 is 0 Å². The minimum atomic E-state index is -0.0412. The molecule has 6 nitrogen and oxygen atoms in total. The van der Waals surface area contributed by atoms with Gasteiger partial charge in [-0.2, -0.15) is 0 Å². The highest BCUT2D eigenvalue weighted by molar-refractivity contribution is 5.90. The number of carbonyl (C=O) groups excluding carboxylic acids is 2. The SMILES string of the molecule is CCCN(CCC)C(=O)Nc1ccc(Cc2ccc(NC(=O)N(CCC)CCC)cc2)cc1. The van der Waals surface area contributed by atoms with Crippen LogP contribution in [0.4, 0.5) is 21.0 Å². The highest BCUT2D eigenvalue weighted by Gasteiger charge is 2.12. The van der Waals surface area contributed by atoms with Gasteiger partial charge in [-0.05, 0) is 67.5 Å². The Balaban J connectivity index is 1.92. The van der Waals surface area contributed by atoms with Crippen molar-refractivity contribution < 1.29 is 9.59 Å². The lowest BCUT2D eigenvalue weighted by atomic mass is 10.0. The van der Waals surface area contributed by atoms with Gasteiger partial charge in [0, 0.05) is 37.6 Å². The predicted octanol–water partition coefficient (Wildman–Crippen LogP) is 6.59. The molecule has 0 aliphatic heterocycles. The van der Waals surface area contributed by atoms with Gasteiger partial charge in [0.25, 0.3) is 0 Å². The molecule has 0 atom stereocenters. The monoisotopic (exact) mass is 452 g/mol. The molecule has 0 fully saturated rings. The van der Waals surface area contributed by atoms with Gasteiger partial charge in [-0.3, -0.25) is 0 Å². The normalized spacial score (nSPS) is 10.5. The lowest BCUT2D eigenvalue weighted by Gasteiger charge is -2.22. The molecular weight excluding hydrogens is 412 g/mol. The molecule has 0 aliphatic carbocycles. The van der Waals surface area contributed by atoms with Gasteiger partial charge in [0.1, 0.15) is 0 Å². The number of urea groups is 2. The number of amides is 4. The lowest BCUT2D eigenvalue weighted by Crippen LogP contribution is -2.36. The fraction of sp³-hybridized carbons (Fsp3) is 0.481. The van der Waals surface area contributed by atoms with Crippen LogP contribution in [-0.4, -0.2) is 48.0 Å². The number of hydrogen-bond acceptors (Lipinski definition) is 2. The van der Waals surface area contributed by atoms with Gasteiger partial charge >= 0.3 is 12.1 Å². The fourth-order valence-corrected chi connectivity index (χ4v) is 3.76. The quantitative estimate of drug-likeness (QED) is 0.382. The maximum atomic E-state index is 12.5. The Hall–Kier alpha value is -3.02. The molecule has 4 amide bonds. The summed E-state index contributed by atoms with van der Waals surface area (Å²) in [6.07, 6.45) is 4.59. The van der Waals surface area contributed by atoms with E-state index in [1.54, 1.807) is 0 Å². The zero-order valence-electron chi connectivity index (χ0n) is 20.7. The summed E-state index contributed by atoms with van der Waals surface area (Å²) in [5.74, 6) is 0. The summed E-state index contributed by atoms with van der Waals surface area (Å²) in [7, 11) is 0. The maximum Gasteiger partial charge on any atom is 0.321 e.